The molecule has 0 radical (unpaired) electrons. The lowest BCUT2D eigenvalue weighted by Crippen LogP contribution is -2.39. The number of hydrogen-bond acceptors (Lipinski definition) is 8. The zero-order chi connectivity index (χ0) is 14.8. The lowest BCUT2D eigenvalue weighted by atomic mass is 10.4. The van der Waals surface area contributed by atoms with Gasteiger partial charge >= 0.3 is 5.97 Å². The van der Waals surface area contributed by atoms with Crippen LogP contribution in [0.3, 0.4) is 0 Å². The Kier molecular flexibility index (Phi) is 8.67. The molecule has 0 saturated carbocycles. The highest BCUT2D eigenvalue weighted by atomic mass is 16.8. The van der Waals surface area contributed by atoms with Gasteiger partial charge in [0, 0.05) is 0 Å². The molecule has 2 aliphatic heterocycles. The summed E-state index contributed by atoms with van der Waals surface area (Å²) in [5, 5.41) is 8.35. The van der Waals surface area contributed by atoms with Gasteiger partial charge in [-0.15, -0.1) is 0 Å². The van der Waals surface area contributed by atoms with E-state index in [-0.39, 0.29) is 12.6 Å². The van der Waals surface area contributed by atoms with Gasteiger partial charge in [-0.1, -0.05) is 0 Å². The first kappa shape index (κ1) is 17.3. The average Bonchev–Trinajstić information content (AvgIpc) is 2.49. The first-order chi connectivity index (χ1) is 9.63. The Morgan fingerprint density at radius 3 is 1.85 bits per heavy atom. The van der Waals surface area contributed by atoms with Gasteiger partial charge in [0.1, 0.15) is 6.10 Å². The fourth-order valence-electron chi connectivity index (χ4n) is 1.43. The number of aliphatic hydroxyl groups excluding tert-OH is 1. The third kappa shape index (κ3) is 7.13. The summed E-state index contributed by atoms with van der Waals surface area (Å²) in [7, 11) is 1.23. The van der Waals surface area contributed by atoms with Crippen LogP contribution < -0.4 is 0 Å². The molecule has 3 unspecified atom stereocenters. The maximum Gasteiger partial charge on any atom is 0.334 e. The molecule has 2 fully saturated rings. The van der Waals surface area contributed by atoms with E-state index >= 15 is 0 Å². The highest BCUT2D eigenvalue weighted by Crippen LogP contribution is 2.09. The van der Waals surface area contributed by atoms with E-state index in [9.17, 15) is 4.79 Å². The van der Waals surface area contributed by atoms with E-state index in [2.05, 4.69) is 4.74 Å². The first-order valence-electron chi connectivity index (χ1n) is 6.43. The van der Waals surface area contributed by atoms with E-state index in [0.29, 0.717) is 39.6 Å². The Bertz CT molecular complexity index is 242. The Morgan fingerprint density at radius 1 is 1.10 bits per heavy atom. The Morgan fingerprint density at radius 2 is 1.60 bits per heavy atom. The highest BCUT2D eigenvalue weighted by Gasteiger charge is 2.22. The van der Waals surface area contributed by atoms with E-state index < -0.39 is 12.1 Å². The van der Waals surface area contributed by atoms with Crippen molar-refractivity contribution in [3.63, 3.8) is 0 Å². The van der Waals surface area contributed by atoms with Gasteiger partial charge in [0.15, 0.2) is 12.6 Å². The standard InChI is InChI=1S/C8H14O5.C4H8O3/c1-3-11-7(5-9-1)13-8-6-10-2-4-12-8;1-3(5)4(6)7-2/h7-8H,1-6H2;3,5H,1-2H3. The van der Waals surface area contributed by atoms with Crippen molar-refractivity contribution >= 4 is 5.97 Å². The molecule has 8 heteroatoms. The third-order valence-corrected chi connectivity index (χ3v) is 2.42. The summed E-state index contributed by atoms with van der Waals surface area (Å²) in [4.78, 5) is 10.0. The SMILES string of the molecule is C1COC(OC2COCCO2)CO1.COC(=O)C(C)O. The van der Waals surface area contributed by atoms with Crippen LogP contribution in [0.4, 0.5) is 0 Å². The van der Waals surface area contributed by atoms with Crippen molar-refractivity contribution in [1.82, 2.24) is 0 Å². The number of carbonyl (C=O) groups is 1. The van der Waals surface area contributed by atoms with E-state index in [4.69, 9.17) is 28.8 Å². The molecule has 0 spiro atoms. The lowest BCUT2D eigenvalue weighted by Gasteiger charge is -2.29. The van der Waals surface area contributed by atoms with Crippen LogP contribution in [0.2, 0.25) is 0 Å². The minimum absolute atomic E-state index is 0.305. The smallest absolute Gasteiger partial charge is 0.334 e. The van der Waals surface area contributed by atoms with Crippen LogP contribution >= 0.6 is 0 Å². The predicted octanol–water partition coefficient (Wildman–Crippen LogP) is -0.711. The van der Waals surface area contributed by atoms with Crippen LogP contribution in [0.1, 0.15) is 6.92 Å². The minimum Gasteiger partial charge on any atom is -0.467 e. The van der Waals surface area contributed by atoms with E-state index in [1.807, 2.05) is 0 Å². The van der Waals surface area contributed by atoms with E-state index in [1.165, 1.54) is 14.0 Å². The second-order valence-corrected chi connectivity index (χ2v) is 4.09. The first-order valence-corrected chi connectivity index (χ1v) is 6.43. The quantitative estimate of drug-likeness (QED) is 0.682. The largest absolute Gasteiger partial charge is 0.467 e. The van der Waals surface area contributed by atoms with Gasteiger partial charge in [0.2, 0.25) is 0 Å². The monoisotopic (exact) mass is 294 g/mol. The molecule has 1 N–H and O–H groups in total. The molecule has 0 aromatic rings. The number of esters is 1. The molecule has 3 atom stereocenters. The molecule has 8 nitrogen and oxygen atoms in total. The van der Waals surface area contributed by atoms with E-state index in [1.54, 1.807) is 0 Å². The summed E-state index contributed by atoms with van der Waals surface area (Å²) in [6.45, 7) is 4.74. The lowest BCUT2D eigenvalue weighted by molar-refractivity contribution is -0.303. The summed E-state index contributed by atoms with van der Waals surface area (Å²) in [5.74, 6) is -0.597. The number of rotatable bonds is 3. The zero-order valence-electron chi connectivity index (χ0n) is 11.8. The van der Waals surface area contributed by atoms with Crippen LogP contribution in [-0.4, -0.2) is 76.5 Å². The molecule has 0 bridgehead atoms. The molecule has 2 saturated heterocycles. The molecular formula is C12H22O8. The van der Waals surface area contributed by atoms with Gasteiger partial charge in [-0.3, -0.25) is 0 Å². The topological polar surface area (TPSA) is 92.7 Å². The van der Waals surface area contributed by atoms with Gasteiger partial charge in [0.05, 0.1) is 46.8 Å². The van der Waals surface area contributed by atoms with Crippen molar-refractivity contribution in [3.05, 3.63) is 0 Å². The second-order valence-electron chi connectivity index (χ2n) is 4.09. The molecule has 2 aliphatic rings. The molecule has 20 heavy (non-hydrogen) atoms. The van der Waals surface area contributed by atoms with Crippen LogP contribution in [0.25, 0.3) is 0 Å². The molecular weight excluding hydrogens is 272 g/mol. The van der Waals surface area contributed by atoms with Crippen LogP contribution in [-0.2, 0) is 33.2 Å². The highest BCUT2D eigenvalue weighted by molar-refractivity contribution is 5.73. The summed E-state index contributed by atoms with van der Waals surface area (Å²) in [5.41, 5.74) is 0. The number of carbonyl (C=O) groups excluding carboxylic acids is 1. The maximum absolute atomic E-state index is 10.0. The molecule has 118 valence electrons. The summed E-state index contributed by atoms with van der Waals surface area (Å²) in [6.07, 6.45) is -1.61. The number of methoxy groups -OCH3 is 1. The molecule has 0 aromatic carbocycles. The molecule has 0 aliphatic carbocycles. The summed E-state index contributed by atoms with van der Waals surface area (Å²) in [6, 6.07) is 0. The Hall–Kier alpha value is -0.770. The number of hydrogen-bond donors (Lipinski definition) is 1. The third-order valence-electron chi connectivity index (χ3n) is 2.42. The van der Waals surface area contributed by atoms with Crippen molar-refractivity contribution < 1.29 is 38.3 Å². The zero-order valence-corrected chi connectivity index (χ0v) is 11.8. The normalized spacial score (nSPS) is 27.9. The Balaban J connectivity index is 0.000000246. The van der Waals surface area contributed by atoms with Crippen molar-refractivity contribution in [1.29, 1.82) is 0 Å². The minimum atomic E-state index is -0.995. The van der Waals surface area contributed by atoms with Gasteiger partial charge in [0.25, 0.3) is 0 Å². The van der Waals surface area contributed by atoms with Gasteiger partial charge < -0.3 is 33.5 Å². The fourth-order valence-corrected chi connectivity index (χ4v) is 1.43. The van der Waals surface area contributed by atoms with Crippen molar-refractivity contribution in [2.45, 2.75) is 25.6 Å². The van der Waals surface area contributed by atoms with Gasteiger partial charge in [-0.2, -0.15) is 0 Å². The Labute approximate surface area is 117 Å². The van der Waals surface area contributed by atoms with E-state index in [0.717, 1.165) is 0 Å². The molecule has 2 rings (SSSR count). The van der Waals surface area contributed by atoms with Crippen LogP contribution in [0.15, 0.2) is 0 Å². The fraction of sp³-hybridized carbons (Fsp3) is 0.917. The van der Waals surface area contributed by atoms with Crippen LogP contribution in [0, 0.1) is 0 Å². The van der Waals surface area contributed by atoms with Crippen molar-refractivity contribution in [2.24, 2.45) is 0 Å². The summed E-state index contributed by atoms with van der Waals surface area (Å²) < 4.78 is 30.5. The van der Waals surface area contributed by atoms with Crippen molar-refractivity contribution in [2.75, 3.05) is 46.8 Å². The average molecular weight is 294 g/mol. The van der Waals surface area contributed by atoms with Gasteiger partial charge in [-0.05, 0) is 6.92 Å². The molecule has 2 heterocycles. The molecule has 0 amide bonds. The summed E-state index contributed by atoms with van der Waals surface area (Å²) >= 11 is 0. The second kappa shape index (κ2) is 10.0. The molecule has 0 aromatic heterocycles. The number of ether oxygens (including phenoxy) is 6. The number of aliphatic hydroxyl groups is 1. The predicted molar refractivity (Wildman–Crippen MR) is 65.9 cm³/mol. The van der Waals surface area contributed by atoms with Gasteiger partial charge in [-0.25, -0.2) is 4.79 Å². The maximum atomic E-state index is 10.0. The van der Waals surface area contributed by atoms with Crippen LogP contribution in [0.5, 0.6) is 0 Å². The van der Waals surface area contributed by atoms with Crippen molar-refractivity contribution in [3.8, 4) is 0 Å².